The number of hydrogen-bond donors (Lipinski definition) is 2. The van der Waals surface area contributed by atoms with Gasteiger partial charge in [0.05, 0.1) is 30.5 Å². The van der Waals surface area contributed by atoms with E-state index in [0.717, 1.165) is 23.2 Å². The van der Waals surface area contributed by atoms with Gasteiger partial charge in [-0.25, -0.2) is 4.79 Å². The number of amides is 2. The van der Waals surface area contributed by atoms with Gasteiger partial charge in [0.2, 0.25) is 0 Å². The second-order valence-electron chi connectivity index (χ2n) is 6.94. The predicted molar refractivity (Wildman–Crippen MR) is 126 cm³/mol. The smallest absolute Gasteiger partial charge is 0.319 e. The quantitative estimate of drug-likeness (QED) is 0.390. The number of aryl methyl sites for hydroxylation is 1. The monoisotopic (exact) mass is 435 g/mol. The standard InChI is InChI=1S/C24H25N3O3S/c1-4-27-20-9-6-5-8-17(20)18(23(27)22-10-7-13-31-22)15-25-24(28)26-19-12-11-16(29-2)14-21(19)30-3/h5-14H,4,15H2,1-3H3,(H2,25,26,28). The molecule has 2 N–H and O–H groups in total. The Kier molecular flexibility index (Phi) is 6.13. The Hall–Kier alpha value is -3.45. The number of hydrogen-bond acceptors (Lipinski definition) is 4. The van der Waals surface area contributed by atoms with Crippen LogP contribution in [0.5, 0.6) is 11.5 Å². The molecule has 6 nitrogen and oxygen atoms in total. The van der Waals surface area contributed by atoms with Gasteiger partial charge in [0.1, 0.15) is 11.5 Å². The molecule has 0 aliphatic carbocycles. The molecule has 4 rings (SSSR count). The maximum Gasteiger partial charge on any atom is 0.319 e. The van der Waals surface area contributed by atoms with E-state index in [1.165, 1.54) is 10.4 Å². The fourth-order valence-corrected chi connectivity index (χ4v) is 4.62. The molecule has 160 valence electrons. The van der Waals surface area contributed by atoms with Crippen LogP contribution in [0.3, 0.4) is 0 Å². The van der Waals surface area contributed by atoms with Crippen molar-refractivity contribution in [1.29, 1.82) is 0 Å². The number of nitrogens with one attached hydrogen (secondary N) is 2. The van der Waals surface area contributed by atoms with Crippen LogP contribution in [-0.2, 0) is 13.1 Å². The Bertz CT molecular complexity index is 1200. The highest BCUT2D eigenvalue weighted by Crippen LogP contribution is 2.36. The summed E-state index contributed by atoms with van der Waals surface area (Å²) >= 11 is 1.70. The highest BCUT2D eigenvalue weighted by Gasteiger charge is 2.19. The molecule has 0 bridgehead atoms. The molecule has 2 aromatic heterocycles. The first-order valence-electron chi connectivity index (χ1n) is 10.1. The fourth-order valence-electron chi connectivity index (χ4n) is 3.81. The van der Waals surface area contributed by atoms with Gasteiger partial charge in [0.25, 0.3) is 0 Å². The van der Waals surface area contributed by atoms with Gasteiger partial charge in [-0.15, -0.1) is 11.3 Å². The number of methoxy groups -OCH3 is 2. The molecule has 0 saturated carbocycles. The van der Waals surface area contributed by atoms with E-state index in [4.69, 9.17) is 9.47 Å². The molecule has 4 aromatic rings. The number of ether oxygens (including phenoxy) is 2. The average Bonchev–Trinajstić information content (AvgIpc) is 3.43. The van der Waals surface area contributed by atoms with Crippen LogP contribution in [0.2, 0.25) is 0 Å². The maximum absolute atomic E-state index is 12.7. The topological polar surface area (TPSA) is 64.5 Å². The Morgan fingerprint density at radius 1 is 1.06 bits per heavy atom. The normalized spacial score (nSPS) is 10.8. The first-order chi connectivity index (χ1) is 15.2. The molecule has 0 atom stereocenters. The van der Waals surface area contributed by atoms with Crippen molar-refractivity contribution in [1.82, 2.24) is 9.88 Å². The molecule has 7 heteroatoms. The number of rotatable bonds is 7. The molecule has 2 aromatic carbocycles. The van der Waals surface area contributed by atoms with E-state index in [1.54, 1.807) is 43.8 Å². The molecular weight excluding hydrogens is 410 g/mol. The number of urea groups is 1. The predicted octanol–water partition coefficient (Wildman–Crippen LogP) is 5.73. The summed E-state index contributed by atoms with van der Waals surface area (Å²) in [4.78, 5) is 13.9. The van der Waals surface area contributed by atoms with Gasteiger partial charge < -0.3 is 24.7 Å². The molecule has 0 saturated heterocycles. The maximum atomic E-state index is 12.7. The summed E-state index contributed by atoms with van der Waals surface area (Å²) in [6.45, 7) is 3.40. The van der Waals surface area contributed by atoms with Crippen molar-refractivity contribution in [2.75, 3.05) is 19.5 Å². The van der Waals surface area contributed by atoms with Crippen molar-refractivity contribution in [2.45, 2.75) is 20.0 Å². The number of carbonyl (C=O) groups excluding carboxylic acids is 1. The number of para-hydroxylation sites is 1. The minimum absolute atomic E-state index is 0.297. The van der Waals surface area contributed by atoms with Crippen LogP contribution in [0.25, 0.3) is 21.5 Å². The number of anilines is 1. The zero-order valence-electron chi connectivity index (χ0n) is 17.8. The van der Waals surface area contributed by atoms with E-state index < -0.39 is 0 Å². The van der Waals surface area contributed by atoms with Crippen LogP contribution in [0.1, 0.15) is 12.5 Å². The molecule has 0 fully saturated rings. The van der Waals surface area contributed by atoms with Crippen LogP contribution in [0, 0.1) is 0 Å². The van der Waals surface area contributed by atoms with Gasteiger partial charge in [-0.2, -0.15) is 0 Å². The lowest BCUT2D eigenvalue weighted by Gasteiger charge is -2.13. The zero-order chi connectivity index (χ0) is 21.8. The summed E-state index contributed by atoms with van der Waals surface area (Å²) in [5.74, 6) is 1.20. The second kappa shape index (κ2) is 9.14. The summed E-state index contributed by atoms with van der Waals surface area (Å²) < 4.78 is 12.9. The molecular formula is C24H25N3O3S. The van der Waals surface area contributed by atoms with Crippen molar-refractivity contribution in [3.8, 4) is 22.1 Å². The summed E-state index contributed by atoms with van der Waals surface area (Å²) in [5, 5.41) is 9.11. The lowest BCUT2D eigenvalue weighted by Crippen LogP contribution is -2.28. The van der Waals surface area contributed by atoms with Crippen molar-refractivity contribution in [2.24, 2.45) is 0 Å². The number of aromatic nitrogens is 1. The van der Waals surface area contributed by atoms with Crippen LogP contribution in [0.4, 0.5) is 10.5 Å². The molecule has 2 amide bonds. The number of fused-ring (bicyclic) bond motifs is 1. The number of nitrogens with zero attached hydrogens (tertiary/aromatic N) is 1. The van der Waals surface area contributed by atoms with Crippen LogP contribution in [0.15, 0.2) is 60.0 Å². The lowest BCUT2D eigenvalue weighted by atomic mass is 10.1. The molecule has 0 spiro atoms. The summed E-state index contributed by atoms with van der Waals surface area (Å²) in [7, 11) is 3.15. The number of carbonyl (C=O) groups is 1. The summed E-state index contributed by atoms with van der Waals surface area (Å²) in [6, 6.07) is 17.5. The Morgan fingerprint density at radius 2 is 1.90 bits per heavy atom. The highest BCUT2D eigenvalue weighted by atomic mass is 32.1. The Morgan fingerprint density at radius 3 is 2.61 bits per heavy atom. The summed E-state index contributed by atoms with van der Waals surface area (Å²) in [5.41, 5.74) is 4.01. The lowest BCUT2D eigenvalue weighted by molar-refractivity contribution is 0.251. The molecule has 0 aliphatic rings. The van der Waals surface area contributed by atoms with Crippen molar-refractivity contribution < 1.29 is 14.3 Å². The molecule has 0 radical (unpaired) electrons. The molecule has 0 aliphatic heterocycles. The van der Waals surface area contributed by atoms with Crippen molar-refractivity contribution in [3.05, 3.63) is 65.5 Å². The third-order valence-electron chi connectivity index (χ3n) is 5.23. The minimum atomic E-state index is -0.297. The van der Waals surface area contributed by atoms with Crippen LogP contribution >= 0.6 is 11.3 Å². The Labute approximate surface area is 185 Å². The van der Waals surface area contributed by atoms with Crippen LogP contribution < -0.4 is 20.1 Å². The first-order valence-corrected chi connectivity index (χ1v) is 10.9. The third kappa shape index (κ3) is 4.09. The van der Waals surface area contributed by atoms with Gasteiger partial charge in [0, 0.05) is 35.6 Å². The number of benzene rings is 2. The fraction of sp³-hybridized carbons (Fsp3) is 0.208. The largest absolute Gasteiger partial charge is 0.497 e. The van der Waals surface area contributed by atoms with E-state index in [1.807, 2.05) is 12.1 Å². The zero-order valence-corrected chi connectivity index (χ0v) is 18.6. The molecule has 0 unspecified atom stereocenters. The van der Waals surface area contributed by atoms with Gasteiger partial charge in [-0.05, 0) is 36.6 Å². The van der Waals surface area contributed by atoms with E-state index in [2.05, 4.69) is 51.8 Å². The minimum Gasteiger partial charge on any atom is -0.497 e. The molecule has 2 heterocycles. The van der Waals surface area contributed by atoms with E-state index in [9.17, 15) is 4.79 Å². The van der Waals surface area contributed by atoms with E-state index >= 15 is 0 Å². The first kappa shape index (κ1) is 20.8. The highest BCUT2D eigenvalue weighted by molar-refractivity contribution is 7.13. The van der Waals surface area contributed by atoms with Gasteiger partial charge >= 0.3 is 6.03 Å². The second-order valence-corrected chi connectivity index (χ2v) is 7.89. The number of thiophene rings is 1. The van der Waals surface area contributed by atoms with E-state index in [-0.39, 0.29) is 6.03 Å². The molecule has 31 heavy (non-hydrogen) atoms. The van der Waals surface area contributed by atoms with Crippen molar-refractivity contribution in [3.63, 3.8) is 0 Å². The van der Waals surface area contributed by atoms with Crippen molar-refractivity contribution >= 4 is 34.0 Å². The van der Waals surface area contributed by atoms with E-state index in [0.29, 0.717) is 23.7 Å². The summed E-state index contributed by atoms with van der Waals surface area (Å²) in [6.07, 6.45) is 0. The van der Waals surface area contributed by atoms with Gasteiger partial charge in [-0.3, -0.25) is 0 Å². The van der Waals surface area contributed by atoms with Gasteiger partial charge in [0.15, 0.2) is 0 Å². The average molecular weight is 436 g/mol. The van der Waals surface area contributed by atoms with Crippen LogP contribution in [-0.4, -0.2) is 24.8 Å². The SMILES string of the molecule is CCn1c(-c2cccs2)c(CNC(=O)Nc2ccc(OC)cc2OC)c2ccccc21. The third-order valence-corrected chi connectivity index (χ3v) is 6.11. The van der Waals surface area contributed by atoms with Gasteiger partial charge in [-0.1, -0.05) is 24.3 Å². The Balaban J connectivity index is 1.61.